The summed E-state index contributed by atoms with van der Waals surface area (Å²) in [5.74, 6) is 0.681. The van der Waals surface area contributed by atoms with Gasteiger partial charge in [0.15, 0.2) is 5.82 Å². The van der Waals surface area contributed by atoms with E-state index >= 15 is 0 Å². The Balaban J connectivity index is 1.30. The summed E-state index contributed by atoms with van der Waals surface area (Å²) in [7, 11) is 0. The third-order valence-corrected chi connectivity index (χ3v) is 8.30. The lowest BCUT2D eigenvalue weighted by Crippen LogP contribution is -2.14. The van der Waals surface area contributed by atoms with Crippen molar-refractivity contribution >= 4 is 21.9 Å². The summed E-state index contributed by atoms with van der Waals surface area (Å²) in [6.07, 6.45) is 0. The van der Waals surface area contributed by atoms with Crippen molar-refractivity contribution < 1.29 is 4.42 Å². The van der Waals surface area contributed by atoms with Crippen LogP contribution < -0.4 is 0 Å². The highest BCUT2D eigenvalue weighted by Crippen LogP contribution is 2.50. The fraction of sp³-hybridized carbons (Fsp3) is 0.0811. The van der Waals surface area contributed by atoms with Gasteiger partial charge in [-0.25, -0.2) is 9.97 Å². The molecule has 3 heteroatoms. The lowest BCUT2D eigenvalue weighted by molar-refractivity contribution is 0.647. The predicted molar refractivity (Wildman–Crippen MR) is 163 cm³/mol. The first-order chi connectivity index (χ1) is 19.6. The summed E-state index contributed by atoms with van der Waals surface area (Å²) in [6.45, 7) is 4.59. The summed E-state index contributed by atoms with van der Waals surface area (Å²) in [5.41, 5.74) is 11.8. The van der Waals surface area contributed by atoms with Crippen molar-refractivity contribution in [3.05, 3.63) is 132 Å². The van der Waals surface area contributed by atoms with Gasteiger partial charge in [0.05, 0.1) is 11.4 Å². The molecule has 8 rings (SSSR count). The first-order valence-corrected chi connectivity index (χ1v) is 13.7. The Bertz CT molecular complexity index is 2010. The topological polar surface area (TPSA) is 38.9 Å². The number of fused-ring (bicyclic) bond motifs is 6. The van der Waals surface area contributed by atoms with Crippen molar-refractivity contribution in [2.45, 2.75) is 19.3 Å². The molecule has 2 heterocycles. The molecule has 0 N–H and O–H groups in total. The van der Waals surface area contributed by atoms with E-state index in [0.29, 0.717) is 5.82 Å². The van der Waals surface area contributed by atoms with Crippen molar-refractivity contribution in [3.8, 4) is 45.0 Å². The van der Waals surface area contributed by atoms with Crippen LogP contribution >= 0.6 is 0 Å². The average molecular weight is 515 g/mol. The normalized spacial score (nSPS) is 13.4. The molecule has 0 spiro atoms. The van der Waals surface area contributed by atoms with Gasteiger partial charge in [0.1, 0.15) is 11.2 Å². The van der Waals surface area contributed by atoms with Crippen molar-refractivity contribution in [3.63, 3.8) is 0 Å². The van der Waals surface area contributed by atoms with Crippen molar-refractivity contribution in [1.82, 2.24) is 9.97 Å². The Kier molecular flexibility index (Phi) is 4.86. The summed E-state index contributed by atoms with van der Waals surface area (Å²) in [5, 5.41) is 2.24. The van der Waals surface area contributed by atoms with Crippen LogP contribution in [0.3, 0.4) is 0 Å². The molecule has 0 saturated heterocycles. The second-order valence-electron chi connectivity index (χ2n) is 11.1. The Morgan fingerprint density at radius 3 is 1.82 bits per heavy atom. The van der Waals surface area contributed by atoms with E-state index in [4.69, 9.17) is 14.4 Å². The highest BCUT2D eigenvalue weighted by atomic mass is 16.3. The third kappa shape index (κ3) is 3.44. The largest absolute Gasteiger partial charge is 0.456 e. The summed E-state index contributed by atoms with van der Waals surface area (Å²) >= 11 is 0. The molecule has 0 unspecified atom stereocenters. The highest BCUT2D eigenvalue weighted by Gasteiger charge is 2.36. The third-order valence-electron chi connectivity index (χ3n) is 8.30. The Hall–Kier alpha value is -5.02. The lowest BCUT2D eigenvalue weighted by Gasteiger charge is -2.21. The number of rotatable bonds is 3. The Labute approximate surface area is 232 Å². The molecule has 0 bridgehead atoms. The zero-order valence-corrected chi connectivity index (χ0v) is 22.3. The molecule has 0 fully saturated rings. The van der Waals surface area contributed by atoms with E-state index in [9.17, 15) is 0 Å². The monoisotopic (exact) mass is 514 g/mol. The van der Waals surface area contributed by atoms with Crippen molar-refractivity contribution in [1.29, 1.82) is 0 Å². The van der Waals surface area contributed by atoms with Crippen LogP contribution in [0.25, 0.3) is 67.0 Å². The first kappa shape index (κ1) is 22.9. The van der Waals surface area contributed by atoms with E-state index in [-0.39, 0.29) is 5.41 Å². The van der Waals surface area contributed by atoms with E-state index < -0.39 is 0 Å². The minimum Gasteiger partial charge on any atom is -0.456 e. The molecule has 0 aliphatic heterocycles. The average Bonchev–Trinajstić information content (AvgIpc) is 3.48. The molecule has 0 radical (unpaired) electrons. The van der Waals surface area contributed by atoms with Gasteiger partial charge in [0, 0.05) is 32.9 Å². The number of benzene rings is 5. The molecule has 5 aromatic carbocycles. The van der Waals surface area contributed by atoms with Crippen LogP contribution in [0.1, 0.15) is 25.0 Å². The van der Waals surface area contributed by atoms with Crippen LogP contribution in [0.5, 0.6) is 0 Å². The summed E-state index contributed by atoms with van der Waals surface area (Å²) in [4.78, 5) is 10.0. The fourth-order valence-corrected chi connectivity index (χ4v) is 6.20. The quantitative estimate of drug-likeness (QED) is 0.236. The molecular formula is C37H26N2O. The minimum atomic E-state index is -0.0657. The SMILES string of the molecule is CC1(C)c2ccccc2-c2cc3c(cc21)oc1cc(-c2nc(-c4ccccc4)cc(-c4ccccc4)n2)ccc13. The Morgan fingerprint density at radius 1 is 0.500 bits per heavy atom. The van der Waals surface area contributed by atoms with Gasteiger partial charge in [0.2, 0.25) is 0 Å². The molecule has 7 aromatic rings. The minimum absolute atomic E-state index is 0.0657. The van der Waals surface area contributed by atoms with Crippen molar-refractivity contribution in [2.75, 3.05) is 0 Å². The van der Waals surface area contributed by atoms with E-state index in [1.807, 2.05) is 36.4 Å². The molecule has 0 amide bonds. The fourth-order valence-electron chi connectivity index (χ4n) is 6.20. The molecular weight excluding hydrogens is 488 g/mol. The van der Waals surface area contributed by atoms with Crippen LogP contribution in [0.4, 0.5) is 0 Å². The van der Waals surface area contributed by atoms with E-state index in [1.54, 1.807) is 0 Å². The van der Waals surface area contributed by atoms with E-state index in [0.717, 1.165) is 50.0 Å². The number of hydrogen-bond donors (Lipinski definition) is 0. The predicted octanol–water partition coefficient (Wildman–Crippen LogP) is 9.68. The van der Waals surface area contributed by atoms with E-state index in [2.05, 4.69) is 98.8 Å². The zero-order valence-electron chi connectivity index (χ0n) is 22.3. The van der Waals surface area contributed by atoms with Gasteiger partial charge in [-0.05, 0) is 52.6 Å². The standard InChI is InChI=1S/C37H26N2O/c1-37(2)30-16-10-9-15-26(30)28-20-29-27-18-17-25(19-34(27)40-35(29)21-31(28)37)36-38-32(23-11-5-3-6-12-23)22-33(39-36)24-13-7-4-8-14-24/h3-22H,1-2H3. The van der Waals surface area contributed by atoms with Crippen LogP contribution in [0, 0.1) is 0 Å². The molecule has 0 saturated carbocycles. The summed E-state index contributed by atoms with van der Waals surface area (Å²) < 4.78 is 6.51. The van der Waals surface area contributed by atoms with Gasteiger partial charge < -0.3 is 4.42 Å². The second kappa shape index (κ2) is 8.49. The van der Waals surface area contributed by atoms with Crippen LogP contribution in [-0.4, -0.2) is 9.97 Å². The van der Waals surface area contributed by atoms with Crippen LogP contribution in [-0.2, 0) is 5.41 Å². The maximum absolute atomic E-state index is 6.51. The molecule has 40 heavy (non-hydrogen) atoms. The van der Waals surface area contributed by atoms with Crippen LogP contribution in [0.2, 0.25) is 0 Å². The number of furan rings is 1. The van der Waals surface area contributed by atoms with Gasteiger partial charge in [0.25, 0.3) is 0 Å². The Morgan fingerprint density at radius 2 is 1.12 bits per heavy atom. The number of aromatic nitrogens is 2. The zero-order chi connectivity index (χ0) is 26.8. The first-order valence-electron chi connectivity index (χ1n) is 13.7. The molecule has 1 aliphatic carbocycles. The molecule has 190 valence electrons. The molecule has 0 atom stereocenters. The van der Waals surface area contributed by atoms with Gasteiger partial charge in [-0.2, -0.15) is 0 Å². The molecule has 2 aromatic heterocycles. The van der Waals surface area contributed by atoms with Gasteiger partial charge in [-0.3, -0.25) is 0 Å². The maximum atomic E-state index is 6.51. The maximum Gasteiger partial charge on any atom is 0.160 e. The summed E-state index contributed by atoms with van der Waals surface area (Å²) in [6, 6.07) is 42.2. The number of nitrogens with zero attached hydrogens (tertiary/aromatic N) is 2. The smallest absolute Gasteiger partial charge is 0.160 e. The van der Waals surface area contributed by atoms with E-state index in [1.165, 1.54) is 22.3 Å². The van der Waals surface area contributed by atoms with Gasteiger partial charge in [-0.15, -0.1) is 0 Å². The lowest BCUT2D eigenvalue weighted by atomic mass is 9.82. The van der Waals surface area contributed by atoms with Gasteiger partial charge >= 0.3 is 0 Å². The second-order valence-corrected chi connectivity index (χ2v) is 11.1. The molecule has 1 aliphatic rings. The number of hydrogen-bond acceptors (Lipinski definition) is 3. The van der Waals surface area contributed by atoms with Gasteiger partial charge in [-0.1, -0.05) is 105 Å². The molecule has 3 nitrogen and oxygen atoms in total. The van der Waals surface area contributed by atoms with Crippen molar-refractivity contribution in [2.24, 2.45) is 0 Å². The highest BCUT2D eigenvalue weighted by molar-refractivity contribution is 6.08. The van der Waals surface area contributed by atoms with Crippen LogP contribution in [0.15, 0.2) is 126 Å².